The number of fused-ring (bicyclic) bond motifs is 1. The van der Waals surface area contributed by atoms with Crippen LogP contribution < -0.4 is 21.2 Å². The van der Waals surface area contributed by atoms with Gasteiger partial charge in [-0.1, -0.05) is 30.3 Å². The summed E-state index contributed by atoms with van der Waals surface area (Å²) in [7, 11) is 0. The van der Waals surface area contributed by atoms with Gasteiger partial charge in [0, 0.05) is 24.4 Å². The molecule has 4 N–H and O–H groups in total. The lowest BCUT2D eigenvalue weighted by Crippen LogP contribution is -2.55. The van der Waals surface area contributed by atoms with Crippen molar-refractivity contribution in [1.29, 1.82) is 0 Å². The molecule has 0 aliphatic carbocycles. The van der Waals surface area contributed by atoms with Crippen LogP contribution in [-0.4, -0.2) is 41.8 Å². The van der Waals surface area contributed by atoms with Gasteiger partial charge in [-0.05, 0) is 49.2 Å². The lowest BCUT2D eigenvalue weighted by Gasteiger charge is -2.37. The summed E-state index contributed by atoms with van der Waals surface area (Å²) in [6.45, 7) is 2.01. The summed E-state index contributed by atoms with van der Waals surface area (Å²) < 4.78 is 5.94. The van der Waals surface area contributed by atoms with E-state index in [2.05, 4.69) is 32.9 Å². The highest BCUT2D eigenvalue weighted by Crippen LogP contribution is 2.40. The summed E-state index contributed by atoms with van der Waals surface area (Å²) in [4.78, 5) is 4.38. The number of aliphatic imine (C=N–C) groups is 1. The first kappa shape index (κ1) is 19.6. The fraction of sp³-hybridized carbons (Fsp3) is 0.348. The Labute approximate surface area is 181 Å². The highest BCUT2D eigenvalue weighted by molar-refractivity contribution is 6.29. The number of ether oxygens (including phenoxy) is 1. The Morgan fingerprint density at radius 1 is 1.07 bits per heavy atom. The fourth-order valence-corrected chi connectivity index (χ4v) is 4.88. The van der Waals surface area contributed by atoms with Crippen LogP contribution in [0.15, 0.2) is 71.0 Å². The number of nitrogens with zero attached hydrogens (tertiary/aromatic N) is 2. The molecule has 5 rings (SSSR count). The number of para-hydroxylation sites is 1. The molecule has 4 atom stereocenters. The topological polar surface area (TPSA) is 74.9 Å². The third-order valence-corrected chi connectivity index (χ3v) is 6.37. The number of hydrogen-bond donors (Lipinski definition) is 3. The number of hydrazine groups is 1. The molecule has 0 spiro atoms. The molecule has 3 aliphatic rings. The van der Waals surface area contributed by atoms with Crippen molar-refractivity contribution in [3.05, 3.63) is 71.6 Å². The quantitative estimate of drug-likeness (QED) is 0.658. The number of nitrogens with two attached hydrogens (primary N) is 1. The molecule has 3 aliphatic heterocycles. The van der Waals surface area contributed by atoms with Gasteiger partial charge >= 0.3 is 0 Å². The minimum absolute atomic E-state index is 0.000637. The molecule has 7 heteroatoms. The molecule has 3 heterocycles. The number of hydrogen-bond acceptors (Lipinski definition) is 6. The smallest absolute Gasteiger partial charge is 0.127 e. The van der Waals surface area contributed by atoms with Crippen LogP contribution in [0.4, 0.5) is 0 Å². The number of nitrogens with one attached hydrogen (secondary N) is 2. The third kappa shape index (κ3) is 3.72. The van der Waals surface area contributed by atoms with E-state index < -0.39 is 0 Å². The molecular formula is C23H26ClN5O. The normalized spacial score (nSPS) is 29.1. The van der Waals surface area contributed by atoms with Crippen LogP contribution in [0.25, 0.3) is 0 Å². The SMILES string of the molecule is NC1=C2C(c3ccc(Oc4ccccc4)cc3)NN(C3CCCNC3)C2C(Cl)C=N1. The highest BCUT2D eigenvalue weighted by atomic mass is 35.5. The largest absolute Gasteiger partial charge is 0.457 e. The first-order valence-corrected chi connectivity index (χ1v) is 10.9. The van der Waals surface area contributed by atoms with Crippen LogP contribution in [0.1, 0.15) is 24.4 Å². The van der Waals surface area contributed by atoms with Gasteiger partial charge in [-0.2, -0.15) is 0 Å². The number of alkyl halides is 1. The monoisotopic (exact) mass is 423 g/mol. The lowest BCUT2D eigenvalue weighted by molar-refractivity contribution is 0.101. The third-order valence-electron chi connectivity index (χ3n) is 6.02. The number of benzene rings is 2. The van der Waals surface area contributed by atoms with Crippen LogP contribution in [0.5, 0.6) is 11.5 Å². The van der Waals surface area contributed by atoms with Crippen LogP contribution in [0.2, 0.25) is 0 Å². The lowest BCUT2D eigenvalue weighted by atomic mass is 9.91. The summed E-state index contributed by atoms with van der Waals surface area (Å²) in [5.74, 6) is 2.18. The maximum Gasteiger partial charge on any atom is 0.127 e. The van der Waals surface area contributed by atoms with E-state index in [1.165, 1.54) is 0 Å². The van der Waals surface area contributed by atoms with Crippen LogP contribution in [-0.2, 0) is 0 Å². The molecule has 2 saturated heterocycles. The minimum atomic E-state index is -0.215. The Kier molecular flexibility index (Phi) is 5.48. The molecule has 0 aromatic heterocycles. The summed E-state index contributed by atoms with van der Waals surface area (Å²) in [6.07, 6.45) is 4.04. The summed E-state index contributed by atoms with van der Waals surface area (Å²) in [5, 5.41) is 5.58. The van der Waals surface area contributed by atoms with E-state index in [0.29, 0.717) is 11.9 Å². The summed E-state index contributed by atoms with van der Waals surface area (Å²) in [6, 6.07) is 18.2. The molecular weight excluding hydrogens is 398 g/mol. The second-order valence-corrected chi connectivity index (χ2v) is 8.47. The van der Waals surface area contributed by atoms with E-state index in [-0.39, 0.29) is 17.5 Å². The van der Waals surface area contributed by atoms with Crippen molar-refractivity contribution in [1.82, 2.24) is 15.8 Å². The number of rotatable bonds is 4. The second kappa shape index (κ2) is 8.40. The second-order valence-electron chi connectivity index (χ2n) is 7.96. The molecule has 6 nitrogen and oxygen atoms in total. The maximum absolute atomic E-state index is 6.70. The molecule has 0 saturated carbocycles. The summed E-state index contributed by atoms with van der Waals surface area (Å²) in [5.41, 5.74) is 12.2. The molecule has 156 valence electrons. The van der Waals surface area contributed by atoms with E-state index >= 15 is 0 Å². The van der Waals surface area contributed by atoms with E-state index in [1.54, 1.807) is 6.21 Å². The molecule has 30 heavy (non-hydrogen) atoms. The number of halogens is 1. The molecule has 0 radical (unpaired) electrons. The van der Waals surface area contributed by atoms with Crippen LogP contribution in [0, 0.1) is 0 Å². The molecule has 2 fully saturated rings. The maximum atomic E-state index is 6.70. The zero-order valence-corrected chi connectivity index (χ0v) is 17.4. The van der Waals surface area contributed by atoms with Gasteiger partial charge in [-0.3, -0.25) is 0 Å². The molecule has 2 aromatic carbocycles. The predicted molar refractivity (Wildman–Crippen MR) is 120 cm³/mol. The van der Waals surface area contributed by atoms with Crippen molar-refractivity contribution in [3.8, 4) is 11.5 Å². The Balaban J connectivity index is 1.42. The summed E-state index contributed by atoms with van der Waals surface area (Å²) >= 11 is 6.70. The van der Waals surface area contributed by atoms with Gasteiger partial charge in [0.15, 0.2) is 0 Å². The average molecular weight is 424 g/mol. The van der Waals surface area contributed by atoms with E-state index in [4.69, 9.17) is 22.1 Å². The van der Waals surface area contributed by atoms with Gasteiger partial charge in [0.05, 0.1) is 17.5 Å². The minimum Gasteiger partial charge on any atom is -0.457 e. The van der Waals surface area contributed by atoms with Crippen molar-refractivity contribution in [2.75, 3.05) is 13.1 Å². The Bertz CT molecular complexity index is 940. The van der Waals surface area contributed by atoms with Crippen LogP contribution in [0.3, 0.4) is 0 Å². The fourth-order valence-electron chi connectivity index (χ4n) is 4.56. The van der Waals surface area contributed by atoms with Gasteiger partial charge in [0.2, 0.25) is 0 Å². The zero-order chi connectivity index (χ0) is 20.5. The van der Waals surface area contributed by atoms with Gasteiger partial charge in [-0.15, -0.1) is 11.6 Å². The highest BCUT2D eigenvalue weighted by Gasteiger charge is 2.46. The van der Waals surface area contributed by atoms with Gasteiger partial charge in [0.25, 0.3) is 0 Å². The molecule has 4 unspecified atom stereocenters. The van der Waals surface area contributed by atoms with E-state index in [9.17, 15) is 0 Å². The first-order chi connectivity index (χ1) is 14.7. The average Bonchev–Trinajstić information content (AvgIpc) is 3.20. The van der Waals surface area contributed by atoms with Gasteiger partial charge in [0.1, 0.15) is 17.3 Å². The van der Waals surface area contributed by atoms with E-state index in [0.717, 1.165) is 48.6 Å². The van der Waals surface area contributed by atoms with Crippen molar-refractivity contribution >= 4 is 17.8 Å². The Morgan fingerprint density at radius 3 is 2.57 bits per heavy atom. The predicted octanol–water partition coefficient (Wildman–Crippen LogP) is 3.32. The van der Waals surface area contributed by atoms with Crippen molar-refractivity contribution in [2.45, 2.75) is 36.3 Å². The van der Waals surface area contributed by atoms with Crippen LogP contribution >= 0.6 is 11.6 Å². The van der Waals surface area contributed by atoms with Gasteiger partial charge < -0.3 is 15.8 Å². The standard InChI is InChI=1S/C23H26ClN5O/c24-19-14-27-23(25)20-21(28-29(22(19)20)16-5-4-12-26-13-16)15-8-10-18(11-9-15)30-17-6-2-1-3-7-17/h1-3,6-11,14,16,19,21-22,26,28H,4-5,12-13,25H2. The molecule has 0 amide bonds. The van der Waals surface area contributed by atoms with Crippen molar-refractivity contribution < 1.29 is 4.74 Å². The number of piperidine rings is 1. The van der Waals surface area contributed by atoms with Crippen molar-refractivity contribution in [2.24, 2.45) is 10.7 Å². The zero-order valence-electron chi connectivity index (χ0n) is 16.7. The van der Waals surface area contributed by atoms with Gasteiger partial charge in [-0.25, -0.2) is 15.4 Å². The molecule has 2 aromatic rings. The Hall–Kier alpha value is -2.38. The Morgan fingerprint density at radius 2 is 1.83 bits per heavy atom. The van der Waals surface area contributed by atoms with Crippen molar-refractivity contribution in [3.63, 3.8) is 0 Å². The van der Waals surface area contributed by atoms with E-state index in [1.807, 2.05) is 42.5 Å². The molecule has 0 bridgehead atoms. The first-order valence-electron chi connectivity index (χ1n) is 10.5.